The van der Waals surface area contributed by atoms with Crippen molar-refractivity contribution in [3.05, 3.63) is 64.9 Å². The van der Waals surface area contributed by atoms with E-state index in [1.165, 1.54) is 0 Å². The Morgan fingerprint density at radius 3 is 2.47 bits per heavy atom. The van der Waals surface area contributed by atoms with E-state index >= 15 is 0 Å². The molecular formula is C15H13N3S. The third-order valence-electron chi connectivity index (χ3n) is 3.10. The molecule has 2 N–H and O–H groups in total. The van der Waals surface area contributed by atoms with E-state index in [1.807, 2.05) is 47.0 Å². The lowest BCUT2D eigenvalue weighted by Crippen LogP contribution is -2.10. The quantitative estimate of drug-likeness (QED) is 0.724. The molecule has 0 bridgehead atoms. The molecule has 0 aliphatic carbocycles. The lowest BCUT2D eigenvalue weighted by Gasteiger charge is -2.12. The highest BCUT2D eigenvalue weighted by Crippen LogP contribution is 2.20. The van der Waals surface area contributed by atoms with E-state index in [0.29, 0.717) is 17.1 Å². The van der Waals surface area contributed by atoms with E-state index < -0.39 is 0 Å². The predicted molar refractivity (Wildman–Crippen MR) is 80.5 cm³/mol. The first-order valence-corrected chi connectivity index (χ1v) is 6.45. The molecule has 3 nitrogen and oxygen atoms in total. The number of para-hydroxylation sites is 1. The smallest absolute Gasteiger partial charge is 0.201 e. The number of rotatable bonds is 2. The van der Waals surface area contributed by atoms with Gasteiger partial charge >= 0.3 is 0 Å². The van der Waals surface area contributed by atoms with Crippen molar-refractivity contribution in [3.63, 3.8) is 0 Å². The lowest BCUT2D eigenvalue weighted by atomic mass is 10.2. The monoisotopic (exact) mass is 267 g/mol. The third-order valence-corrected chi connectivity index (χ3v) is 3.41. The van der Waals surface area contributed by atoms with Crippen LogP contribution in [0.5, 0.6) is 0 Å². The van der Waals surface area contributed by atoms with Gasteiger partial charge in [0.1, 0.15) is 5.82 Å². The number of benzene rings is 2. The molecule has 0 spiro atoms. The Morgan fingerprint density at radius 1 is 1.00 bits per heavy atom. The fourth-order valence-corrected chi connectivity index (χ4v) is 2.38. The molecule has 3 aromatic rings. The summed E-state index contributed by atoms with van der Waals surface area (Å²) >= 11 is 5.34. The number of anilines is 1. The maximum absolute atomic E-state index is 6.22. The third kappa shape index (κ3) is 2.22. The maximum atomic E-state index is 6.22. The summed E-state index contributed by atoms with van der Waals surface area (Å²) in [5.74, 6) is 0.666. The molecule has 1 aromatic heterocycles. The fourth-order valence-electron chi connectivity index (χ4n) is 2.12. The summed E-state index contributed by atoms with van der Waals surface area (Å²) in [7, 11) is 0. The van der Waals surface area contributed by atoms with Crippen LogP contribution in [0.15, 0.2) is 54.6 Å². The highest BCUT2D eigenvalue weighted by atomic mass is 32.1. The van der Waals surface area contributed by atoms with E-state index in [0.717, 1.165) is 16.5 Å². The summed E-state index contributed by atoms with van der Waals surface area (Å²) in [6.45, 7) is 0.642. The van der Waals surface area contributed by atoms with Gasteiger partial charge in [0.25, 0.3) is 0 Å². The molecule has 0 aliphatic rings. The standard InChI is InChI=1S/C15H13N3S/c16-14-12-8-4-5-9-13(12)17-15(19)18(14)10-11-6-2-1-3-7-11/h1-9H,10,16H2. The number of fused-ring (bicyclic) bond motifs is 1. The number of nitrogens with two attached hydrogens (primary N) is 1. The zero-order valence-electron chi connectivity index (χ0n) is 10.3. The highest BCUT2D eigenvalue weighted by molar-refractivity contribution is 7.71. The van der Waals surface area contributed by atoms with Crippen molar-refractivity contribution in [2.75, 3.05) is 5.73 Å². The van der Waals surface area contributed by atoms with Gasteiger partial charge in [-0.25, -0.2) is 4.98 Å². The van der Waals surface area contributed by atoms with Crippen molar-refractivity contribution in [1.29, 1.82) is 0 Å². The minimum atomic E-state index is 0.514. The summed E-state index contributed by atoms with van der Waals surface area (Å²) in [5, 5.41) is 0.937. The van der Waals surface area contributed by atoms with Crippen LogP contribution in [0.2, 0.25) is 0 Å². The van der Waals surface area contributed by atoms with Gasteiger partial charge < -0.3 is 5.73 Å². The molecule has 0 fully saturated rings. The molecule has 0 amide bonds. The van der Waals surface area contributed by atoms with Crippen LogP contribution in [0.3, 0.4) is 0 Å². The first-order valence-electron chi connectivity index (χ1n) is 6.05. The Hall–Kier alpha value is -2.20. The van der Waals surface area contributed by atoms with Crippen LogP contribution in [0.1, 0.15) is 5.56 Å². The first-order chi connectivity index (χ1) is 9.25. The van der Waals surface area contributed by atoms with Gasteiger partial charge in [0, 0.05) is 5.39 Å². The SMILES string of the molecule is Nc1c2ccccc2nc(=S)n1Cc1ccccc1. The Morgan fingerprint density at radius 2 is 1.68 bits per heavy atom. The summed E-state index contributed by atoms with van der Waals surface area (Å²) in [6, 6.07) is 17.9. The van der Waals surface area contributed by atoms with Crippen molar-refractivity contribution in [2.24, 2.45) is 0 Å². The summed E-state index contributed by atoms with van der Waals surface area (Å²) in [6.07, 6.45) is 0. The van der Waals surface area contributed by atoms with Crippen molar-refractivity contribution in [3.8, 4) is 0 Å². The van der Waals surface area contributed by atoms with Crippen LogP contribution in [0.25, 0.3) is 10.9 Å². The molecule has 2 aromatic carbocycles. The number of hydrogen-bond donors (Lipinski definition) is 1. The summed E-state index contributed by atoms with van der Waals surface area (Å²) < 4.78 is 2.38. The average molecular weight is 267 g/mol. The van der Waals surface area contributed by atoms with Gasteiger partial charge in [0.15, 0.2) is 0 Å². The van der Waals surface area contributed by atoms with Crippen LogP contribution in [0.4, 0.5) is 5.82 Å². The number of aromatic nitrogens is 2. The van der Waals surface area contributed by atoms with E-state index in [4.69, 9.17) is 18.0 Å². The van der Waals surface area contributed by atoms with E-state index in [1.54, 1.807) is 0 Å². The number of nitrogen functional groups attached to an aromatic ring is 1. The van der Waals surface area contributed by atoms with Gasteiger partial charge in [0.05, 0.1) is 12.1 Å². The van der Waals surface area contributed by atoms with Crippen molar-refractivity contribution >= 4 is 28.9 Å². The molecule has 19 heavy (non-hydrogen) atoms. The molecule has 1 heterocycles. The molecule has 3 rings (SSSR count). The van der Waals surface area contributed by atoms with Gasteiger partial charge in [0.2, 0.25) is 4.77 Å². The van der Waals surface area contributed by atoms with Crippen LogP contribution in [0, 0.1) is 4.77 Å². The molecule has 0 aliphatic heterocycles. The Balaban J connectivity index is 2.16. The molecule has 0 unspecified atom stereocenters. The molecule has 4 heteroatoms. The van der Waals surface area contributed by atoms with E-state index in [9.17, 15) is 0 Å². The van der Waals surface area contributed by atoms with Gasteiger partial charge in [-0.15, -0.1) is 0 Å². The lowest BCUT2D eigenvalue weighted by molar-refractivity contribution is 0.774. The van der Waals surface area contributed by atoms with Gasteiger partial charge in [-0.1, -0.05) is 42.5 Å². The second kappa shape index (κ2) is 4.82. The predicted octanol–water partition coefficient (Wildman–Crippen LogP) is 3.40. The van der Waals surface area contributed by atoms with Crippen LogP contribution < -0.4 is 5.73 Å². The van der Waals surface area contributed by atoms with Crippen LogP contribution >= 0.6 is 12.2 Å². The Kier molecular flexibility index (Phi) is 3.01. The van der Waals surface area contributed by atoms with Gasteiger partial charge in [-0.05, 0) is 29.9 Å². The molecule has 0 saturated heterocycles. The number of nitrogens with zero attached hydrogens (tertiary/aromatic N) is 2. The first kappa shape index (κ1) is 11.9. The van der Waals surface area contributed by atoms with Crippen LogP contribution in [-0.4, -0.2) is 9.55 Å². The molecule has 0 radical (unpaired) electrons. The van der Waals surface area contributed by atoms with Gasteiger partial charge in [-0.3, -0.25) is 4.57 Å². The molecule has 94 valence electrons. The van der Waals surface area contributed by atoms with Crippen molar-refractivity contribution in [2.45, 2.75) is 6.54 Å². The largest absolute Gasteiger partial charge is 0.384 e. The molecular weight excluding hydrogens is 254 g/mol. The van der Waals surface area contributed by atoms with E-state index in [-0.39, 0.29) is 0 Å². The summed E-state index contributed by atoms with van der Waals surface area (Å²) in [4.78, 5) is 4.43. The second-order valence-corrected chi connectivity index (χ2v) is 4.73. The Bertz CT molecular complexity index is 778. The molecule has 0 saturated carbocycles. The maximum Gasteiger partial charge on any atom is 0.201 e. The molecule has 0 atom stereocenters. The van der Waals surface area contributed by atoms with Crippen molar-refractivity contribution < 1.29 is 0 Å². The van der Waals surface area contributed by atoms with E-state index in [2.05, 4.69) is 17.1 Å². The highest BCUT2D eigenvalue weighted by Gasteiger charge is 2.06. The number of hydrogen-bond acceptors (Lipinski definition) is 3. The Labute approximate surface area is 116 Å². The average Bonchev–Trinajstić information content (AvgIpc) is 2.45. The minimum Gasteiger partial charge on any atom is -0.384 e. The van der Waals surface area contributed by atoms with Gasteiger partial charge in [-0.2, -0.15) is 0 Å². The van der Waals surface area contributed by atoms with Crippen LogP contribution in [-0.2, 0) is 6.54 Å². The normalized spacial score (nSPS) is 10.7. The summed E-state index contributed by atoms with van der Waals surface area (Å²) in [5.41, 5.74) is 8.22. The minimum absolute atomic E-state index is 0.514. The van der Waals surface area contributed by atoms with Crippen molar-refractivity contribution in [1.82, 2.24) is 9.55 Å². The fraction of sp³-hybridized carbons (Fsp3) is 0.0667. The second-order valence-electron chi connectivity index (χ2n) is 4.37. The topological polar surface area (TPSA) is 43.8 Å². The zero-order valence-corrected chi connectivity index (χ0v) is 11.1. The zero-order chi connectivity index (χ0) is 13.2.